The first-order valence-electron chi connectivity index (χ1n) is 2.64. The van der Waals surface area contributed by atoms with Gasteiger partial charge in [-0.3, -0.25) is 0 Å². The molecular weight excluding hydrogens is 189 g/mol. The van der Waals surface area contributed by atoms with Crippen LogP contribution >= 0.6 is 23.2 Å². The fraction of sp³-hybridized carbons (Fsp3) is 0. The Hall–Kier alpha value is -0.800. The second kappa shape index (κ2) is 3.07. The van der Waals surface area contributed by atoms with Gasteiger partial charge in [-0.25, -0.2) is 4.98 Å². The first-order chi connectivity index (χ1) is 5.09. The molecule has 0 spiro atoms. The molecule has 11 heavy (non-hydrogen) atoms. The van der Waals surface area contributed by atoms with E-state index in [0.717, 1.165) is 0 Å². The van der Waals surface area contributed by atoms with Crippen LogP contribution in [0.4, 0.5) is 0 Å². The number of hydrogen-bond acceptors (Lipinski definition) is 3. The molecule has 0 N–H and O–H groups in total. The maximum atomic E-state index is 10.2. The van der Waals surface area contributed by atoms with Crippen molar-refractivity contribution in [3.63, 3.8) is 0 Å². The minimum absolute atomic E-state index is 0.0386. The van der Waals surface area contributed by atoms with E-state index in [2.05, 4.69) is 4.98 Å². The highest BCUT2D eigenvalue weighted by Crippen LogP contribution is 2.14. The third-order valence-electron chi connectivity index (χ3n) is 0.968. The summed E-state index contributed by atoms with van der Waals surface area (Å²) in [6.07, 6.45) is 0. The van der Waals surface area contributed by atoms with Crippen LogP contribution in [-0.4, -0.2) is 11.0 Å². The molecule has 0 aromatic carbocycles. The molecule has 3 nitrogen and oxygen atoms in total. The second-order valence-electron chi connectivity index (χ2n) is 1.78. The number of carboxylic acids is 1. The highest BCUT2D eigenvalue weighted by Gasteiger charge is 1.99. The number of halogens is 2. The number of nitrogens with zero attached hydrogens (tertiary/aromatic N) is 1. The molecule has 0 aliphatic heterocycles. The first-order valence-corrected chi connectivity index (χ1v) is 3.39. The van der Waals surface area contributed by atoms with Crippen LogP contribution in [0.5, 0.6) is 0 Å². The van der Waals surface area contributed by atoms with E-state index in [4.69, 9.17) is 23.2 Å². The minimum Gasteiger partial charge on any atom is -0.543 e. The van der Waals surface area contributed by atoms with E-state index in [9.17, 15) is 9.90 Å². The maximum Gasteiger partial charge on any atom is 0.131 e. The normalized spacial score (nSPS) is 9.64. The van der Waals surface area contributed by atoms with Crippen LogP contribution in [0.1, 0.15) is 10.5 Å². The van der Waals surface area contributed by atoms with Gasteiger partial charge in [0.15, 0.2) is 0 Å². The number of carbonyl (C=O) groups excluding carboxylic acids is 1. The zero-order chi connectivity index (χ0) is 8.43. The van der Waals surface area contributed by atoms with E-state index in [1.54, 1.807) is 0 Å². The Morgan fingerprint density at radius 2 is 2.09 bits per heavy atom. The average Bonchev–Trinajstić information content (AvgIpc) is 1.85. The van der Waals surface area contributed by atoms with E-state index in [1.807, 2.05) is 0 Å². The molecule has 0 radical (unpaired) electrons. The van der Waals surface area contributed by atoms with Crippen LogP contribution in [0.3, 0.4) is 0 Å². The Labute approximate surface area is 72.6 Å². The van der Waals surface area contributed by atoms with Gasteiger partial charge >= 0.3 is 0 Å². The van der Waals surface area contributed by atoms with Crippen molar-refractivity contribution < 1.29 is 9.90 Å². The summed E-state index contributed by atoms with van der Waals surface area (Å²) in [7, 11) is 0. The fourth-order valence-corrected chi connectivity index (χ4v) is 1.04. The highest BCUT2D eigenvalue weighted by atomic mass is 35.5. The smallest absolute Gasteiger partial charge is 0.131 e. The number of rotatable bonds is 1. The fourth-order valence-electron chi connectivity index (χ4n) is 0.570. The van der Waals surface area contributed by atoms with E-state index in [1.165, 1.54) is 12.1 Å². The Kier molecular flexibility index (Phi) is 2.31. The molecule has 1 aromatic rings. The van der Waals surface area contributed by atoms with Gasteiger partial charge in [0.1, 0.15) is 5.15 Å². The molecule has 1 heterocycles. The van der Waals surface area contributed by atoms with Crippen molar-refractivity contribution in [3.05, 3.63) is 28.0 Å². The summed E-state index contributed by atoms with van der Waals surface area (Å²) < 4.78 is 0. The maximum absolute atomic E-state index is 10.2. The molecule has 0 atom stereocenters. The molecule has 1 aromatic heterocycles. The molecule has 0 saturated heterocycles. The summed E-state index contributed by atoms with van der Waals surface area (Å²) in [5.74, 6) is -1.39. The number of aromatic nitrogens is 1. The summed E-state index contributed by atoms with van der Waals surface area (Å²) in [6.45, 7) is 0. The molecule has 1 rings (SSSR count). The van der Waals surface area contributed by atoms with Gasteiger partial charge in [0, 0.05) is 5.02 Å². The number of pyridine rings is 1. The number of hydrogen-bond donors (Lipinski definition) is 0. The summed E-state index contributed by atoms with van der Waals surface area (Å²) in [4.78, 5) is 13.7. The zero-order valence-electron chi connectivity index (χ0n) is 5.17. The summed E-state index contributed by atoms with van der Waals surface area (Å²) in [6, 6.07) is 2.51. The Balaban J connectivity index is 3.19. The predicted molar refractivity (Wildman–Crippen MR) is 38.6 cm³/mol. The summed E-state index contributed by atoms with van der Waals surface area (Å²) in [5.41, 5.74) is -0.262. The molecule has 0 amide bonds. The van der Waals surface area contributed by atoms with Crippen molar-refractivity contribution in [3.8, 4) is 0 Å². The van der Waals surface area contributed by atoms with Gasteiger partial charge in [-0.05, 0) is 12.1 Å². The van der Waals surface area contributed by atoms with Crippen LogP contribution < -0.4 is 5.11 Å². The van der Waals surface area contributed by atoms with Gasteiger partial charge in [0.25, 0.3) is 0 Å². The number of carbonyl (C=O) groups is 1. The largest absolute Gasteiger partial charge is 0.543 e. The summed E-state index contributed by atoms with van der Waals surface area (Å²) in [5, 5.41) is 10.5. The molecule has 0 unspecified atom stereocenters. The van der Waals surface area contributed by atoms with Crippen LogP contribution in [0, 0.1) is 0 Å². The van der Waals surface area contributed by atoms with Crippen molar-refractivity contribution in [2.24, 2.45) is 0 Å². The van der Waals surface area contributed by atoms with E-state index >= 15 is 0 Å². The lowest BCUT2D eigenvalue weighted by Gasteiger charge is -2.01. The van der Waals surface area contributed by atoms with E-state index in [0.29, 0.717) is 0 Å². The molecule has 58 valence electrons. The van der Waals surface area contributed by atoms with Crippen molar-refractivity contribution in [2.45, 2.75) is 0 Å². The molecule has 0 saturated carbocycles. The third kappa shape index (κ3) is 2.06. The molecule has 0 bridgehead atoms. The molecule has 0 fully saturated rings. The Morgan fingerprint density at radius 3 is 2.55 bits per heavy atom. The molecule has 0 aliphatic carbocycles. The van der Waals surface area contributed by atoms with Gasteiger partial charge in [-0.15, -0.1) is 0 Å². The van der Waals surface area contributed by atoms with Crippen molar-refractivity contribution in [1.29, 1.82) is 0 Å². The zero-order valence-corrected chi connectivity index (χ0v) is 6.69. The molecular formula is C6H2Cl2NO2-. The first kappa shape index (κ1) is 8.30. The SMILES string of the molecule is O=C([O-])c1cc(Cl)cc(Cl)n1. The lowest BCUT2D eigenvalue weighted by Crippen LogP contribution is -2.23. The number of carboxylic acid groups (broad SMARTS) is 1. The van der Waals surface area contributed by atoms with Gasteiger partial charge < -0.3 is 9.90 Å². The van der Waals surface area contributed by atoms with Crippen LogP contribution in [-0.2, 0) is 0 Å². The summed E-state index contributed by atoms with van der Waals surface area (Å²) >= 11 is 10.9. The lowest BCUT2D eigenvalue weighted by molar-refractivity contribution is -0.255. The second-order valence-corrected chi connectivity index (χ2v) is 2.60. The Bertz CT molecular complexity index is 280. The van der Waals surface area contributed by atoms with Crippen molar-refractivity contribution in [2.75, 3.05) is 0 Å². The van der Waals surface area contributed by atoms with Crippen molar-refractivity contribution in [1.82, 2.24) is 4.98 Å². The lowest BCUT2D eigenvalue weighted by atomic mass is 10.3. The standard InChI is InChI=1S/C6H3Cl2NO2/c7-3-1-4(6(10)11)9-5(8)2-3/h1-2H,(H,10,11)/p-1. The van der Waals surface area contributed by atoms with Gasteiger partial charge in [0.2, 0.25) is 0 Å². The highest BCUT2D eigenvalue weighted by molar-refractivity contribution is 6.34. The van der Waals surface area contributed by atoms with Crippen LogP contribution in [0.2, 0.25) is 10.2 Å². The molecule has 0 aliphatic rings. The topological polar surface area (TPSA) is 53.0 Å². The van der Waals surface area contributed by atoms with Gasteiger partial charge in [-0.1, -0.05) is 23.2 Å². The molecule has 5 heteroatoms. The van der Waals surface area contributed by atoms with Crippen molar-refractivity contribution >= 4 is 29.2 Å². The van der Waals surface area contributed by atoms with Gasteiger partial charge in [0.05, 0.1) is 11.7 Å². The predicted octanol–water partition coefficient (Wildman–Crippen LogP) is 0.752. The average molecular weight is 191 g/mol. The Morgan fingerprint density at radius 1 is 1.45 bits per heavy atom. The monoisotopic (exact) mass is 190 g/mol. The van der Waals surface area contributed by atoms with E-state index in [-0.39, 0.29) is 15.9 Å². The van der Waals surface area contributed by atoms with E-state index < -0.39 is 5.97 Å². The van der Waals surface area contributed by atoms with Crippen LogP contribution in [0.15, 0.2) is 12.1 Å². The van der Waals surface area contributed by atoms with Crippen LogP contribution in [0.25, 0.3) is 0 Å². The third-order valence-corrected chi connectivity index (χ3v) is 1.38. The minimum atomic E-state index is -1.39. The van der Waals surface area contributed by atoms with Gasteiger partial charge in [-0.2, -0.15) is 0 Å². The number of aromatic carboxylic acids is 1. The quantitative estimate of drug-likeness (QED) is 0.615.